The number of hydrogen-bond donors (Lipinski definition) is 1. The quantitative estimate of drug-likeness (QED) is 0.781. The van der Waals surface area contributed by atoms with E-state index in [2.05, 4.69) is 0 Å². The predicted molar refractivity (Wildman–Crippen MR) is 62.1 cm³/mol. The molecule has 4 heteroatoms. The summed E-state index contributed by atoms with van der Waals surface area (Å²) in [5.41, 5.74) is 1.38. The number of hydrogen-bond acceptors (Lipinski definition) is 4. The molecule has 0 aliphatic rings. The second kappa shape index (κ2) is 6.66. The van der Waals surface area contributed by atoms with Crippen LogP contribution in [0.5, 0.6) is 0 Å². The Labute approximate surface area is 100 Å². The molecule has 4 nitrogen and oxygen atoms in total. The van der Waals surface area contributed by atoms with E-state index in [0.717, 1.165) is 5.56 Å². The maximum atomic E-state index is 11.1. The zero-order chi connectivity index (χ0) is 12.7. The molecule has 1 rings (SSSR count). The average molecular weight is 233 g/mol. The lowest BCUT2D eigenvalue weighted by Gasteiger charge is -2.09. The second-order valence-corrected chi connectivity index (χ2v) is 3.68. The SMILES string of the molecule is CCOC(=O)CC(O)Cc1cccc(C#N)c1. The first-order chi connectivity index (χ1) is 8.15. The van der Waals surface area contributed by atoms with E-state index in [1.54, 1.807) is 25.1 Å². The highest BCUT2D eigenvalue weighted by molar-refractivity contribution is 5.69. The molecular formula is C13H15NO3. The van der Waals surface area contributed by atoms with Crippen LogP contribution in [0.15, 0.2) is 24.3 Å². The van der Waals surface area contributed by atoms with Gasteiger partial charge in [-0.3, -0.25) is 4.79 Å². The van der Waals surface area contributed by atoms with E-state index >= 15 is 0 Å². The van der Waals surface area contributed by atoms with E-state index in [-0.39, 0.29) is 6.42 Å². The van der Waals surface area contributed by atoms with Gasteiger partial charge in [0.15, 0.2) is 0 Å². The number of aliphatic hydroxyl groups is 1. The fourth-order valence-corrected chi connectivity index (χ4v) is 1.52. The molecule has 0 heterocycles. The summed E-state index contributed by atoms with van der Waals surface area (Å²) in [6.07, 6.45) is -0.457. The van der Waals surface area contributed by atoms with Gasteiger partial charge in [0, 0.05) is 0 Å². The van der Waals surface area contributed by atoms with E-state index < -0.39 is 12.1 Å². The zero-order valence-electron chi connectivity index (χ0n) is 9.72. The molecule has 0 radical (unpaired) electrons. The van der Waals surface area contributed by atoms with Gasteiger partial charge in [0.2, 0.25) is 0 Å². The standard InChI is InChI=1S/C13H15NO3/c1-2-17-13(16)8-12(15)7-10-4-3-5-11(6-10)9-14/h3-6,12,15H,2,7-8H2,1H3. The molecule has 1 N–H and O–H groups in total. The molecular weight excluding hydrogens is 218 g/mol. The lowest BCUT2D eigenvalue weighted by atomic mass is 10.0. The number of rotatable bonds is 5. The van der Waals surface area contributed by atoms with Crippen molar-refractivity contribution in [1.82, 2.24) is 0 Å². The highest BCUT2D eigenvalue weighted by Crippen LogP contribution is 2.09. The summed E-state index contributed by atoms with van der Waals surface area (Å²) < 4.78 is 4.74. The average Bonchev–Trinajstić information content (AvgIpc) is 2.29. The van der Waals surface area contributed by atoms with Gasteiger partial charge in [0.1, 0.15) is 0 Å². The highest BCUT2D eigenvalue weighted by atomic mass is 16.5. The number of carbonyl (C=O) groups is 1. The molecule has 1 aromatic carbocycles. The minimum Gasteiger partial charge on any atom is -0.466 e. The van der Waals surface area contributed by atoms with Gasteiger partial charge < -0.3 is 9.84 Å². The molecule has 90 valence electrons. The molecule has 1 aromatic rings. The predicted octanol–water partition coefficient (Wildman–Crippen LogP) is 1.41. The Morgan fingerprint density at radius 2 is 2.35 bits per heavy atom. The summed E-state index contributed by atoms with van der Waals surface area (Å²) in [7, 11) is 0. The molecule has 17 heavy (non-hydrogen) atoms. The topological polar surface area (TPSA) is 70.3 Å². The zero-order valence-corrected chi connectivity index (χ0v) is 9.72. The number of nitrogens with zero attached hydrogens (tertiary/aromatic N) is 1. The van der Waals surface area contributed by atoms with E-state index in [4.69, 9.17) is 10.00 Å². The molecule has 0 saturated carbocycles. The molecule has 0 aliphatic heterocycles. The summed E-state index contributed by atoms with van der Waals surface area (Å²) in [4.78, 5) is 11.1. The maximum absolute atomic E-state index is 11.1. The summed E-state index contributed by atoms with van der Waals surface area (Å²) in [5, 5.41) is 18.4. The van der Waals surface area contributed by atoms with Gasteiger partial charge in [-0.05, 0) is 31.0 Å². The van der Waals surface area contributed by atoms with Crippen molar-refractivity contribution < 1.29 is 14.6 Å². The molecule has 0 amide bonds. The van der Waals surface area contributed by atoms with Crippen molar-refractivity contribution in [2.75, 3.05) is 6.61 Å². The Kier molecular flexibility index (Phi) is 5.18. The monoisotopic (exact) mass is 233 g/mol. The lowest BCUT2D eigenvalue weighted by molar-refractivity contribution is -0.145. The smallest absolute Gasteiger partial charge is 0.308 e. The number of ether oxygens (including phenoxy) is 1. The van der Waals surface area contributed by atoms with Crippen LogP contribution in [0.3, 0.4) is 0 Å². The van der Waals surface area contributed by atoms with Crippen LogP contribution < -0.4 is 0 Å². The number of benzene rings is 1. The third-order valence-corrected chi connectivity index (χ3v) is 2.24. The van der Waals surface area contributed by atoms with Gasteiger partial charge in [-0.1, -0.05) is 12.1 Å². The molecule has 0 aromatic heterocycles. The summed E-state index contributed by atoms with van der Waals surface area (Å²) in [6.45, 7) is 2.04. The van der Waals surface area contributed by atoms with Gasteiger partial charge in [0.05, 0.1) is 30.8 Å². The van der Waals surface area contributed by atoms with Crippen LogP contribution in [0.2, 0.25) is 0 Å². The first-order valence-electron chi connectivity index (χ1n) is 5.48. The summed E-state index contributed by atoms with van der Waals surface area (Å²) in [5.74, 6) is -0.406. The number of nitriles is 1. The summed E-state index contributed by atoms with van der Waals surface area (Å²) in [6, 6.07) is 9.00. The second-order valence-electron chi connectivity index (χ2n) is 3.68. The largest absolute Gasteiger partial charge is 0.466 e. The van der Waals surface area contributed by atoms with Crippen LogP contribution in [-0.4, -0.2) is 23.8 Å². The van der Waals surface area contributed by atoms with Crippen molar-refractivity contribution in [3.63, 3.8) is 0 Å². The van der Waals surface area contributed by atoms with Crippen molar-refractivity contribution in [3.8, 4) is 6.07 Å². The molecule has 0 fully saturated rings. The van der Waals surface area contributed by atoms with Gasteiger partial charge in [-0.2, -0.15) is 5.26 Å². The lowest BCUT2D eigenvalue weighted by Crippen LogP contribution is -2.18. The first kappa shape index (κ1) is 13.2. The minimum atomic E-state index is -0.775. The Morgan fingerprint density at radius 1 is 1.59 bits per heavy atom. The van der Waals surface area contributed by atoms with Crippen molar-refractivity contribution >= 4 is 5.97 Å². The molecule has 0 spiro atoms. The van der Waals surface area contributed by atoms with E-state index in [1.165, 1.54) is 0 Å². The van der Waals surface area contributed by atoms with E-state index in [9.17, 15) is 9.90 Å². The van der Waals surface area contributed by atoms with Gasteiger partial charge >= 0.3 is 5.97 Å². The van der Waals surface area contributed by atoms with Crippen molar-refractivity contribution in [1.29, 1.82) is 5.26 Å². The fourth-order valence-electron chi connectivity index (χ4n) is 1.52. The number of aliphatic hydroxyl groups excluding tert-OH is 1. The maximum Gasteiger partial charge on any atom is 0.308 e. The normalized spacial score (nSPS) is 11.6. The van der Waals surface area contributed by atoms with Crippen LogP contribution in [0, 0.1) is 11.3 Å². The summed E-state index contributed by atoms with van der Waals surface area (Å²) >= 11 is 0. The molecule has 0 bridgehead atoms. The van der Waals surface area contributed by atoms with Crippen LogP contribution in [0.25, 0.3) is 0 Å². The highest BCUT2D eigenvalue weighted by Gasteiger charge is 2.12. The van der Waals surface area contributed by atoms with Crippen molar-refractivity contribution in [2.24, 2.45) is 0 Å². The van der Waals surface area contributed by atoms with Crippen molar-refractivity contribution in [3.05, 3.63) is 35.4 Å². The first-order valence-corrected chi connectivity index (χ1v) is 5.48. The van der Waals surface area contributed by atoms with Crippen LogP contribution >= 0.6 is 0 Å². The third-order valence-electron chi connectivity index (χ3n) is 2.24. The van der Waals surface area contributed by atoms with Gasteiger partial charge in [-0.15, -0.1) is 0 Å². The van der Waals surface area contributed by atoms with Crippen LogP contribution in [0.1, 0.15) is 24.5 Å². The molecule has 1 unspecified atom stereocenters. The Bertz CT molecular complexity index is 423. The fraction of sp³-hybridized carbons (Fsp3) is 0.385. The Morgan fingerprint density at radius 3 is 3.00 bits per heavy atom. The van der Waals surface area contributed by atoms with Crippen molar-refractivity contribution in [2.45, 2.75) is 25.9 Å². The number of esters is 1. The number of carbonyl (C=O) groups excluding carboxylic acids is 1. The molecule has 1 atom stereocenters. The minimum absolute atomic E-state index is 0.0232. The van der Waals surface area contributed by atoms with Crippen LogP contribution in [-0.2, 0) is 16.0 Å². The van der Waals surface area contributed by atoms with E-state index in [0.29, 0.717) is 18.6 Å². The molecule has 0 saturated heterocycles. The van der Waals surface area contributed by atoms with Gasteiger partial charge in [0.25, 0.3) is 0 Å². The third kappa shape index (κ3) is 4.66. The Balaban J connectivity index is 2.53. The van der Waals surface area contributed by atoms with Crippen LogP contribution in [0.4, 0.5) is 0 Å². The van der Waals surface area contributed by atoms with Gasteiger partial charge in [-0.25, -0.2) is 0 Å². The Hall–Kier alpha value is -1.86. The van der Waals surface area contributed by atoms with E-state index in [1.807, 2.05) is 12.1 Å². The molecule has 0 aliphatic carbocycles.